The van der Waals surface area contributed by atoms with E-state index in [0.717, 1.165) is 24.1 Å². The maximum Gasteiger partial charge on any atom is 0.226 e. The Hall–Kier alpha value is -2.24. The summed E-state index contributed by atoms with van der Waals surface area (Å²) in [7, 11) is 0. The van der Waals surface area contributed by atoms with E-state index in [1.165, 1.54) is 3.57 Å². The Morgan fingerprint density at radius 2 is 2.17 bits per heavy atom. The minimum atomic E-state index is -0.198. The topological polar surface area (TPSA) is 90.9 Å². The molecule has 4 aromatic rings. The average molecular weight is 523 g/mol. The molecule has 29 heavy (non-hydrogen) atoms. The molecular weight excluding hydrogens is 507 g/mol. The number of aromatic nitrogens is 5. The molecule has 0 radical (unpaired) electrons. The maximum atomic E-state index is 6.21. The molecule has 2 unspecified atom stereocenters. The number of ether oxygens (including phenoxy) is 1. The standard InChI is InChI=1S/C19H16ClIN6O2/c20-19-24-17(22-9-11-2-1-3-12(21)8-11)16-18(25-19)27(10-23-16)15-5-4-14(29-15)13-6-7-28-26-13/h1-3,6-8,10,14-15H,4-5,9H2,(H,22,24,25). The van der Waals surface area contributed by atoms with Gasteiger partial charge in [-0.05, 0) is 64.7 Å². The molecule has 1 saturated heterocycles. The summed E-state index contributed by atoms with van der Waals surface area (Å²) in [6.07, 6.45) is 4.63. The van der Waals surface area contributed by atoms with Gasteiger partial charge in [-0.15, -0.1) is 0 Å². The molecule has 148 valence electrons. The van der Waals surface area contributed by atoms with Crippen molar-refractivity contribution in [1.29, 1.82) is 0 Å². The van der Waals surface area contributed by atoms with E-state index in [-0.39, 0.29) is 17.6 Å². The number of halogens is 2. The molecule has 0 bridgehead atoms. The number of nitrogens with one attached hydrogen (secondary N) is 1. The third-order valence-electron chi connectivity index (χ3n) is 4.84. The van der Waals surface area contributed by atoms with Gasteiger partial charge in [0.2, 0.25) is 5.28 Å². The summed E-state index contributed by atoms with van der Waals surface area (Å²) in [6.45, 7) is 0.611. The van der Waals surface area contributed by atoms with E-state index >= 15 is 0 Å². The monoisotopic (exact) mass is 522 g/mol. The summed E-state index contributed by atoms with van der Waals surface area (Å²) >= 11 is 8.50. The molecule has 1 N–H and O–H groups in total. The zero-order chi connectivity index (χ0) is 19.8. The predicted octanol–water partition coefficient (Wildman–Crippen LogP) is 4.73. The fourth-order valence-corrected chi connectivity index (χ4v) is 4.26. The van der Waals surface area contributed by atoms with Gasteiger partial charge in [-0.3, -0.25) is 4.57 Å². The van der Waals surface area contributed by atoms with Gasteiger partial charge in [0.05, 0.1) is 6.33 Å². The Morgan fingerprint density at radius 1 is 1.24 bits per heavy atom. The van der Waals surface area contributed by atoms with Crippen molar-refractivity contribution in [2.75, 3.05) is 5.32 Å². The van der Waals surface area contributed by atoms with Gasteiger partial charge >= 0.3 is 0 Å². The number of hydrogen-bond donors (Lipinski definition) is 1. The molecule has 10 heteroatoms. The summed E-state index contributed by atoms with van der Waals surface area (Å²) in [5.74, 6) is 0.601. The van der Waals surface area contributed by atoms with Gasteiger partial charge in [-0.2, -0.15) is 9.97 Å². The van der Waals surface area contributed by atoms with Crippen molar-refractivity contribution < 1.29 is 9.26 Å². The van der Waals surface area contributed by atoms with E-state index in [0.29, 0.717) is 23.5 Å². The fraction of sp³-hybridized carbons (Fsp3) is 0.263. The molecule has 0 amide bonds. The first-order chi connectivity index (χ1) is 14.2. The zero-order valence-electron chi connectivity index (χ0n) is 15.1. The third kappa shape index (κ3) is 3.81. The van der Waals surface area contributed by atoms with Crippen LogP contribution in [0.4, 0.5) is 5.82 Å². The first kappa shape index (κ1) is 18.8. The third-order valence-corrected chi connectivity index (χ3v) is 5.68. The lowest BCUT2D eigenvalue weighted by Crippen LogP contribution is -2.09. The van der Waals surface area contributed by atoms with E-state index in [9.17, 15) is 0 Å². The fourth-order valence-electron chi connectivity index (χ4n) is 3.49. The Kier molecular flexibility index (Phi) is 5.10. The average Bonchev–Trinajstić information content (AvgIpc) is 3.45. The first-order valence-electron chi connectivity index (χ1n) is 9.11. The van der Waals surface area contributed by atoms with Crippen molar-refractivity contribution in [2.24, 2.45) is 0 Å². The maximum absolute atomic E-state index is 6.21. The van der Waals surface area contributed by atoms with Crippen molar-refractivity contribution in [3.8, 4) is 0 Å². The van der Waals surface area contributed by atoms with E-state index < -0.39 is 0 Å². The second-order valence-corrected chi connectivity index (χ2v) is 8.31. The van der Waals surface area contributed by atoms with Crippen molar-refractivity contribution >= 4 is 51.2 Å². The zero-order valence-corrected chi connectivity index (χ0v) is 18.0. The van der Waals surface area contributed by atoms with E-state index in [2.05, 4.69) is 66.2 Å². The highest BCUT2D eigenvalue weighted by Gasteiger charge is 2.31. The highest BCUT2D eigenvalue weighted by atomic mass is 127. The molecule has 1 aliphatic rings. The highest BCUT2D eigenvalue weighted by Crippen LogP contribution is 2.38. The molecule has 8 nitrogen and oxygen atoms in total. The molecule has 1 fully saturated rings. The first-order valence-corrected chi connectivity index (χ1v) is 10.6. The summed E-state index contributed by atoms with van der Waals surface area (Å²) in [4.78, 5) is 13.3. The molecule has 1 aromatic carbocycles. The molecule has 3 aromatic heterocycles. The Bertz CT molecular complexity index is 1150. The summed E-state index contributed by atoms with van der Waals surface area (Å²) in [6, 6.07) is 10.1. The smallest absolute Gasteiger partial charge is 0.226 e. The van der Waals surface area contributed by atoms with Crippen LogP contribution in [0.3, 0.4) is 0 Å². The van der Waals surface area contributed by atoms with Gasteiger partial charge in [0, 0.05) is 16.2 Å². The Balaban J connectivity index is 1.41. The lowest BCUT2D eigenvalue weighted by Gasteiger charge is -2.14. The largest absolute Gasteiger partial charge is 0.364 e. The number of hydrogen-bond acceptors (Lipinski definition) is 7. The van der Waals surface area contributed by atoms with Gasteiger partial charge in [0.1, 0.15) is 24.3 Å². The van der Waals surface area contributed by atoms with Gasteiger partial charge in [-0.25, -0.2) is 4.98 Å². The van der Waals surface area contributed by atoms with Crippen molar-refractivity contribution in [1.82, 2.24) is 24.7 Å². The molecular formula is C19H16ClIN6O2. The number of rotatable bonds is 5. The minimum Gasteiger partial charge on any atom is -0.364 e. The number of imidazole rings is 1. The molecule has 0 spiro atoms. The number of anilines is 1. The van der Waals surface area contributed by atoms with Crippen LogP contribution in [-0.4, -0.2) is 24.7 Å². The lowest BCUT2D eigenvalue weighted by molar-refractivity contribution is 0.0000210. The predicted molar refractivity (Wildman–Crippen MR) is 115 cm³/mol. The van der Waals surface area contributed by atoms with Gasteiger partial charge in [0.15, 0.2) is 17.0 Å². The van der Waals surface area contributed by atoms with Crippen molar-refractivity contribution in [2.45, 2.75) is 31.7 Å². The van der Waals surface area contributed by atoms with Crippen LogP contribution in [0, 0.1) is 3.57 Å². The minimum absolute atomic E-state index is 0.105. The van der Waals surface area contributed by atoms with Crippen LogP contribution in [0.25, 0.3) is 11.2 Å². The molecule has 1 aliphatic heterocycles. The van der Waals surface area contributed by atoms with Crippen molar-refractivity contribution in [3.05, 3.63) is 63.0 Å². The lowest BCUT2D eigenvalue weighted by atomic mass is 10.2. The SMILES string of the molecule is Clc1nc(NCc2cccc(I)c2)c2ncn(C3CCC(c4ccon4)O3)c2n1. The quantitative estimate of drug-likeness (QED) is 0.299. The van der Waals surface area contributed by atoms with Crippen LogP contribution in [-0.2, 0) is 11.3 Å². The van der Waals surface area contributed by atoms with Crippen LogP contribution < -0.4 is 5.32 Å². The summed E-state index contributed by atoms with van der Waals surface area (Å²) in [5.41, 5.74) is 3.24. The number of benzene rings is 1. The molecule has 4 heterocycles. The highest BCUT2D eigenvalue weighted by molar-refractivity contribution is 14.1. The van der Waals surface area contributed by atoms with Crippen molar-refractivity contribution in [3.63, 3.8) is 0 Å². The molecule has 0 aliphatic carbocycles. The number of fused-ring (bicyclic) bond motifs is 1. The van der Waals surface area contributed by atoms with Crippen LogP contribution >= 0.6 is 34.2 Å². The van der Waals surface area contributed by atoms with E-state index in [1.54, 1.807) is 12.6 Å². The Morgan fingerprint density at radius 3 is 3.00 bits per heavy atom. The molecule has 2 atom stereocenters. The van der Waals surface area contributed by atoms with E-state index in [4.69, 9.17) is 20.9 Å². The van der Waals surface area contributed by atoms with Crippen LogP contribution in [0.2, 0.25) is 5.28 Å². The van der Waals surface area contributed by atoms with Crippen LogP contribution in [0.1, 0.15) is 36.4 Å². The van der Waals surface area contributed by atoms with E-state index in [1.807, 2.05) is 16.7 Å². The van der Waals surface area contributed by atoms with Gasteiger partial charge in [0.25, 0.3) is 0 Å². The summed E-state index contributed by atoms with van der Waals surface area (Å²) in [5, 5.41) is 7.47. The van der Waals surface area contributed by atoms with Crippen LogP contribution in [0.5, 0.6) is 0 Å². The normalized spacial score (nSPS) is 19.1. The van der Waals surface area contributed by atoms with Gasteiger partial charge < -0.3 is 14.6 Å². The van der Waals surface area contributed by atoms with Gasteiger partial charge in [-0.1, -0.05) is 17.3 Å². The van der Waals surface area contributed by atoms with Crippen LogP contribution in [0.15, 0.2) is 47.4 Å². The summed E-state index contributed by atoms with van der Waals surface area (Å²) < 4.78 is 14.2. The second-order valence-electron chi connectivity index (χ2n) is 6.73. The second kappa shape index (κ2) is 7.88. The Labute approximate surface area is 184 Å². The molecule has 0 saturated carbocycles. The number of nitrogens with zero attached hydrogens (tertiary/aromatic N) is 5. The molecule has 5 rings (SSSR count).